The van der Waals surface area contributed by atoms with Gasteiger partial charge in [0.25, 0.3) is 0 Å². The standard InChI is InChI=1S/C24H40N4O2.HI/c1-25-23(27-19-24(14-17-29-2)12-6-7-13-24)26-18-21(28-15-8-9-16-28)20-10-4-5-11-22(20)30-3;/h4-5,10-11,21H,6-9,12-19H2,1-3H3,(H2,25,26,27);1H. The molecule has 2 fully saturated rings. The maximum absolute atomic E-state index is 5.67. The van der Waals surface area contributed by atoms with Gasteiger partial charge in [0.1, 0.15) is 5.75 Å². The number of guanidine groups is 1. The van der Waals surface area contributed by atoms with E-state index in [2.05, 4.69) is 38.7 Å². The third-order valence-corrected chi connectivity index (χ3v) is 6.90. The van der Waals surface area contributed by atoms with Gasteiger partial charge in [0.15, 0.2) is 5.96 Å². The van der Waals surface area contributed by atoms with Crippen LogP contribution in [0.15, 0.2) is 29.3 Å². The molecule has 1 heterocycles. The first-order chi connectivity index (χ1) is 14.7. The lowest BCUT2D eigenvalue weighted by Crippen LogP contribution is -2.46. The SMILES string of the molecule is CN=C(NCC(c1ccccc1OC)N1CCCC1)NCC1(CCOC)CCCC1.I. The van der Waals surface area contributed by atoms with Crippen LogP contribution >= 0.6 is 24.0 Å². The van der Waals surface area contributed by atoms with Crippen molar-refractivity contribution in [3.63, 3.8) is 0 Å². The van der Waals surface area contributed by atoms with Gasteiger partial charge in [-0.3, -0.25) is 9.89 Å². The number of rotatable bonds is 10. The average Bonchev–Trinajstić information content (AvgIpc) is 3.48. The lowest BCUT2D eigenvalue weighted by molar-refractivity contribution is 0.138. The van der Waals surface area contributed by atoms with Gasteiger partial charge >= 0.3 is 0 Å². The largest absolute Gasteiger partial charge is 0.496 e. The van der Waals surface area contributed by atoms with Crippen molar-refractivity contribution in [2.45, 2.75) is 51.0 Å². The summed E-state index contributed by atoms with van der Waals surface area (Å²) in [5.74, 6) is 1.85. The molecule has 0 radical (unpaired) electrons. The van der Waals surface area contributed by atoms with E-state index in [0.29, 0.717) is 5.41 Å². The van der Waals surface area contributed by atoms with Gasteiger partial charge in [-0.2, -0.15) is 0 Å². The summed E-state index contributed by atoms with van der Waals surface area (Å²) >= 11 is 0. The third-order valence-electron chi connectivity index (χ3n) is 6.90. The fourth-order valence-corrected chi connectivity index (χ4v) is 5.07. The normalized spacial score (nSPS) is 19.6. The van der Waals surface area contributed by atoms with Gasteiger partial charge in [0, 0.05) is 39.4 Å². The Morgan fingerprint density at radius 1 is 1.10 bits per heavy atom. The number of methoxy groups -OCH3 is 2. The summed E-state index contributed by atoms with van der Waals surface area (Å²) in [5.41, 5.74) is 1.59. The van der Waals surface area contributed by atoms with Gasteiger partial charge in [0.05, 0.1) is 13.2 Å². The molecule has 1 saturated carbocycles. The zero-order valence-corrected chi connectivity index (χ0v) is 21.8. The molecule has 1 aromatic rings. The third kappa shape index (κ3) is 7.22. The number of ether oxygens (including phenoxy) is 2. The highest BCUT2D eigenvalue weighted by atomic mass is 127. The van der Waals surface area contributed by atoms with Gasteiger partial charge < -0.3 is 20.1 Å². The molecule has 0 amide bonds. The van der Waals surface area contributed by atoms with Crippen molar-refractivity contribution < 1.29 is 9.47 Å². The number of hydrogen-bond acceptors (Lipinski definition) is 4. The van der Waals surface area contributed by atoms with E-state index in [-0.39, 0.29) is 30.0 Å². The molecular formula is C24H41IN4O2. The quantitative estimate of drug-likeness (QED) is 0.263. The van der Waals surface area contributed by atoms with E-state index < -0.39 is 0 Å². The minimum Gasteiger partial charge on any atom is -0.496 e. The lowest BCUT2D eigenvalue weighted by Gasteiger charge is -2.32. The predicted octanol–water partition coefficient (Wildman–Crippen LogP) is 4.21. The number of para-hydroxylation sites is 1. The van der Waals surface area contributed by atoms with Crippen LogP contribution in [-0.2, 0) is 4.74 Å². The Labute approximate surface area is 205 Å². The predicted molar refractivity (Wildman–Crippen MR) is 139 cm³/mol. The van der Waals surface area contributed by atoms with E-state index in [1.165, 1.54) is 44.1 Å². The van der Waals surface area contributed by atoms with Crippen LogP contribution in [-0.4, -0.2) is 64.9 Å². The minimum absolute atomic E-state index is 0. The van der Waals surface area contributed by atoms with Gasteiger partial charge in [-0.1, -0.05) is 31.0 Å². The summed E-state index contributed by atoms with van der Waals surface area (Å²) in [7, 11) is 5.42. The molecule has 1 unspecified atom stereocenters. The molecule has 1 atom stereocenters. The molecule has 1 aliphatic heterocycles. The van der Waals surface area contributed by atoms with Gasteiger partial charge in [-0.15, -0.1) is 24.0 Å². The molecule has 7 heteroatoms. The van der Waals surface area contributed by atoms with Crippen LogP contribution in [0.25, 0.3) is 0 Å². The molecule has 2 aliphatic rings. The summed E-state index contributed by atoms with van der Waals surface area (Å²) in [4.78, 5) is 7.07. The van der Waals surface area contributed by atoms with Crippen LogP contribution in [0.2, 0.25) is 0 Å². The van der Waals surface area contributed by atoms with E-state index in [1.807, 2.05) is 13.1 Å². The molecule has 176 valence electrons. The highest BCUT2D eigenvalue weighted by Gasteiger charge is 2.33. The Balaban J connectivity index is 0.00000341. The Kier molecular flexibility index (Phi) is 11.4. The summed E-state index contributed by atoms with van der Waals surface area (Å²) < 4.78 is 11.1. The first-order valence-corrected chi connectivity index (χ1v) is 11.5. The summed E-state index contributed by atoms with van der Waals surface area (Å²) in [6, 6.07) is 8.67. The van der Waals surface area contributed by atoms with Crippen molar-refractivity contribution in [3.05, 3.63) is 29.8 Å². The molecule has 1 saturated heterocycles. The number of halogens is 1. The van der Waals surface area contributed by atoms with Crippen LogP contribution in [0, 0.1) is 5.41 Å². The molecule has 3 rings (SSSR count). The number of hydrogen-bond donors (Lipinski definition) is 2. The average molecular weight is 545 g/mol. The summed E-state index contributed by atoms with van der Waals surface area (Å²) in [5, 5.41) is 7.22. The molecule has 0 spiro atoms. The molecule has 2 N–H and O–H groups in total. The fraction of sp³-hybridized carbons (Fsp3) is 0.708. The number of benzene rings is 1. The number of likely N-dealkylation sites (tertiary alicyclic amines) is 1. The second-order valence-electron chi connectivity index (χ2n) is 8.76. The first kappa shape index (κ1) is 26.2. The van der Waals surface area contributed by atoms with Crippen LogP contribution < -0.4 is 15.4 Å². The van der Waals surface area contributed by atoms with Gasteiger partial charge in [-0.05, 0) is 56.7 Å². The molecule has 0 aromatic heterocycles. The highest BCUT2D eigenvalue weighted by Crippen LogP contribution is 2.40. The van der Waals surface area contributed by atoms with Crippen LogP contribution in [0.5, 0.6) is 5.75 Å². The highest BCUT2D eigenvalue weighted by molar-refractivity contribution is 14.0. The van der Waals surface area contributed by atoms with Crippen LogP contribution in [0.1, 0.15) is 56.6 Å². The number of nitrogens with zero attached hydrogens (tertiary/aromatic N) is 2. The van der Waals surface area contributed by atoms with E-state index >= 15 is 0 Å². The van der Waals surface area contributed by atoms with Gasteiger partial charge in [0.2, 0.25) is 0 Å². The fourth-order valence-electron chi connectivity index (χ4n) is 5.07. The molecular weight excluding hydrogens is 503 g/mol. The Hall–Kier alpha value is -1.06. The second-order valence-corrected chi connectivity index (χ2v) is 8.76. The molecule has 0 bridgehead atoms. The molecule has 6 nitrogen and oxygen atoms in total. The zero-order chi connectivity index (χ0) is 21.2. The monoisotopic (exact) mass is 544 g/mol. The lowest BCUT2D eigenvalue weighted by atomic mass is 9.83. The Morgan fingerprint density at radius 3 is 2.45 bits per heavy atom. The zero-order valence-electron chi connectivity index (χ0n) is 19.5. The van der Waals surface area contributed by atoms with Crippen molar-refractivity contribution >= 4 is 29.9 Å². The molecule has 1 aliphatic carbocycles. The maximum Gasteiger partial charge on any atom is 0.191 e. The van der Waals surface area contributed by atoms with E-state index in [1.54, 1.807) is 14.2 Å². The van der Waals surface area contributed by atoms with E-state index in [9.17, 15) is 0 Å². The smallest absolute Gasteiger partial charge is 0.191 e. The van der Waals surface area contributed by atoms with Gasteiger partial charge in [-0.25, -0.2) is 0 Å². The van der Waals surface area contributed by atoms with Crippen molar-refractivity contribution in [3.8, 4) is 5.75 Å². The summed E-state index contributed by atoms with van der Waals surface area (Å²) in [6.07, 6.45) is 8.84. The number of aliphatic imine (C=N–C) groups is 1. The topological polar surface area (TPSA) is 58.1 Å². The van der Waals surface area contributed by atoms with Crippen LogP contribution in [0.3, 0.4) is 0 Å². The Bertz CT molecular complexity index is 673. The van der Waals surface area contributed by atoms with Crippen molar-refractivity contribution in [1.82, 2.24) is 15.5 Å². The van der Waals surface area contributed by atoms with Crippen molar-refractivity contribution in [1.29, 1.82) is 0 Å². The van der Waals surface area contributed by atoms with E-state index in [0.717, 1.165) is 50.9 Å². The maximum atomic E-state index is 5.67. The Morgan fingerprint density at radius 2 is 1.81 bits per heavy atom. The second kappa shape index (κ2) is 13.5. The molecule has 31 heavy (non-hydrogen) atoms. The minimum atomic E-state index is 0. The first-order valence-electron chi connectivity index (χ1n) is 11.5. The van der Waals surface area contributed by atoms with E-state index in [4.69, 9.17) is 9.47 Å². The van der Waals surface area contributed by atoms with Crippen molar-refractivity contribution in [2.75, 3.05) is 54.1 Å². The molecule has 1 aromatic carbocycles. The van der Waals surface area contributed by atoms with Crippen molar-refractivity contribution in [2.24, 2.45) is 10.4 Å². The van der Waals surface area contributed by atoms with Crippen LogP contribution in [0.4, 0.5) is 0 Å². The summed E-state index contributed by atoms with van der Waals surface area (Å²) in [6.45, 7) is 4.87. The number of nitrogens with one attached hydrogen (secondary N) is 2.